The lowest BCUT2D eigenvalue weighted by molar-refractivity contribution is -0.114. The molecule has 2 aliphatic carbocycles. The topological polar surface area (TPSA) is 58.4 Å². The Bertz CT molecular complexity index is 734. The van der Waals surface area contributed by atoms with E-state index in [1.54, 1.807) is 0 Å². The van der Waals surface area contributed by atoms with Crippen LogP contribution in [0.25, 0.3) is 0 Å². The molecule has 6 heteroatoms. The Hall–Kier alpha value is -1.66. The number of anilines is 1. The Morgan fingerprint density at radius 3 is 2.88 bits per heavy atom. The molecule has 0 aromatic carbocycles. The lowest BCUT2D eigenvalue weighted by Crippen LogP contribution is -2.25. The average Bonchev–Trinajstić information content (AvgIpc) is 3.41. The highest BCUT2D eigenvalue weighted by Crippen LogP contribution is 2.47. The summed E-state index contributed by atoms with van der Waals surface area (Å²) >= 11 is 1.48. The van der Waals surface area contributed by atoms with E-state index in [1.807, 2.05) is 5.38 Å². The van der Waals surface area contributed by atoms with E-state index in [9.17, 15) is 4.79 Å². The van der Waals surface area contributed by atoms with Gasteiger partial charge in [0.15, 0.2) is 5.13 Å². The fraction of sp³-hybridized carbons (Fsp3) is 0.556. The second-order valence-corrected chi connectivity index (χ2v) is 7.94. The smallest absolute Gasteiger partial charge is 0.223 e. The summed E-state index contributed by atoms with van der Waals surface area (Å²) in [6, 6.07) is 4.90. The van der Waals surface area contributed by atoms with Gasteiger partial charge < -0.3 is 9.73 Å². The molecule has 24 heavy (non-hydrogen) atoms. The molecule has 1 N–H and O–H groups in total. The quantitative estimate of drug-likeness (QED) is 0.824. The van der Waals surface area contributed by atoms with E-state index < -0.39 is 0 Å². The number of thiazole rings is 1. The lowest BCUT2D eigenvalue weighted by atomic mass is 10.3. The van der Waals surface area contributed by atoms with Gasteiger partial charge >= 0.3 is 0 Å². The highest BCUT2D eigenvalue weighted by molar-refractivity contribution is 7.13. The van der Waals surface area contributed by atoms with Gasteiger partial charge in [-0.2, -0.15) is 0 Å². The van der Waals surface area contributed by atoms with Crippen molar-refractivity contribution in [2.75, 3.05) is 5.32 Å². The van der Waals surface area contributed by atoms with Crippen LogP contribution in [-0.4, -0.2) is 21.8 Å². The van der Waals surface area contributed by atoms with Crippen LogP contribution in [0.5, 0.6) is 0 Å². The number of rotatable bonds is 7. The fourth-order valence-electron chi connectivity index (χ4n) is 3.15. The van der Waals surface area contributed by atoms with Gasteiger partial charge in [0.1, 0.15) is 11.5 Å². The van der Waals surface area contributed by atoms with Crippen molar-refractivity contribution in [3.8, 4) is 0 Å². The van der Waals surface area contributed by atoms with Crippen molar-refractivity contribution in [3.05, 3.63) is 34.7 Å². The normalized spacial score (nSPS) is 22.8. The maximum absolute atomic E-state index is 11.1. The zero-order valence-corrected chi connectivity index (χ0v) is 14.9. The zero-order valence-electron chi connectivity index (χ0n) is 14.1. The molecule has 2 atom stereocenters. The molecule has 2 heterocycles. The molecule has 2 fully saturated rings. The minimum Gasteiger partial charge on any atom is -0.464 e. The van der Waals surface area contributed by atoms with Gasteiger partial charge in [-0.05, 0) is 37.3 Å². The number of hydrogen-bond acceptors (Lipinski definition) is 5. The average molecular weight is 345 g/mol. The van der Waals surface area contributed by atoms with Crippen molar-refractivity contribution >= 4 is 22.4 Å². The standard InChI is InChI=1S/C18H23N3O2S/c1-11-7-16(11)17-6-5-15(23-17)9-21(14-3-4-14)8-13-10-24-18(20-13)19-12(2)22/h5-6,10-11,14,16H,3-4,7-9H2,1-2H3,(H,19,20,22)/t11-,16+/m0/s1. The third-order valence-electron chi connectivity index (χ3n) is 4.78. The van der Waals surface area contributed by atoms with Crippen LogP contribution in [-0.2, 0) is 17.9 Å². The molecule has 0 bridgehead atoms. The van der Waals surface area contributed by atoms with E-state index in [-0.39, 0.29) is 5.91 Å². The first-order chi connectivity index (χ1) is 11.6. The second-order valence-electron chi connectivity index (χ2n) is 7.08. The van der Waals surface area contributed by atoms with Gasteiger partial charge in [-0.3, -0.25) is 9.69 Å². The van der Waals surface area contributed by atoms with Gasteiger partial charge in [0.05, 0.1) is 12.2 Å². The van der Waals surface area contributed by atoms with Gasteiger partial charge in [-0.1, -0.05) is 6.92 Å². The van der Waals surface area contributed by atoms with E-state index in [1.165, 1.54) is 37.5 Å². The molecule has 2 aromatic heterocycles. The molecule has 0 radical (unpaired) electrons. The number of hydrogen-bond donors (Lipinski definition) is 1. The Morgan fingerprint density at radius 2 is 2.21 bits per heavy atom. The fourth-order valence-corrected chi connectivity index (χ4v) is 3.89. The summed E-state index contributed by atoms with van der Waals surface area (Å²) in [5.41, 5.74) is 1.01. The van der Waals surface area contributed by atoms with Gasteiger partial charge in [0, 0.05) is 30.8 Å². The van der Waals surface area contributed by atoms with E-state index in [0.29, 0.717) is 17.1 Å². The molecule has 2 saturated carbocycles. The number of aromatic nitrogens is 1. The molecule has 128 valence electrons. The number of carbonyl (C=O) groups excluding carboxylic acids is 1. The predicted octanol–water partition coefficient (Wildman–Crippen LogP) is 3.98. The Kier molecular flexibility index (Phi) is 4.18. The summed E-state index contributed by atoms with van der Waals surface area (Å²) < 4.78 is 6.07. The first kappa shape index (κ1) is 15.8. The van der Waals surface area contributed by atoms with Crippen LogP contribution in [0.1, 0.15) is 56.2 Å². The van der Waals surface area contributed by atoms with Gasteiger partial charge in [0.25, 0.3) is 0 Å². The van der Waals surface area contributed by atoms with Crippen LogP contribution >= 0.6 is 11.3 Å². The molecule has 0 saturated heterocycles. The third kappa shape index (κ3) is 3.70. The van der Waals surface area contributed by atoms with Crippen LogP contribution in [0, 0.1) is 5.92 Å². The van der Waals surface area contributed by atoms with Crippen molar-refractivity contribution in [1.82, 2.24) is 9.88 Å². The lowest BCUT2D eigenvalue weighted by Gasteiger charge is -2.19. The molecule has 0 spiro atoms. The van der Waals surface area contributed by atoms with Crippen LogP contribution < -0.4 is 5.32 Å². The zero-order chi connectivity index (χ0) is 16.7. The Morgan fingerprint density at radius 1 is 1.42 bits per heavy atom. The van der Waals surface area contributed by atoms with Gasteiger partial charge in [-0.25, -0.2) is 4.98 Å². The van der Waals surface area contributed by atoms with Gasteiger partial charge in [-0.15, -0.1) is 11.3 Å². The predicted molar refractivity (Wildman–Crippen MR) is 93.9 cm³/mol. The maximum atomic E-state index is 11.1. The SMILES string of the molecule is CC(=O)Nc1nc(CN(Cc2ccc([C@@H]3C[C@@H]3C)o2)C2CC2)cs1. The summed E-state index contributed by atoms with van der Waals surface area (Å²) in [5, 5.41) is 5.46. The second kappa shape index (κ2) is 6.33. The Labute approximate surface area is 146 Å². The van der Waals surface area contributed by atoms with Crippen LogP contribution in [0.15, 0.2) is 21.9 Å². The summed E-state index contributed by atoms with van der Waals surface area (Å²) in [4.78, 5) is 18.1. The van der Waals surface area contributed by atoms with Crippen molar-refractivity contribution in [2.45, 2.75) is 58.2 Å². The van der Waals surface area contributed by atoms with E-state index in [4.69, 9.17) is 4.42 Å². The van der Waals surface area contributed by atoms with E-state index >= 15 is 0 Å². The Balaban J connectivity index is 1.40. The number of carbonyl (C=O) groups is 1. The van der Waals surface area contributed by atoms with E-state index in [0.717, 1.165) is 36.2 Å². The third-order valence-corrected chi connectivity index (χ3v) is 5.59. The maximum Gasteiger partial charge on any atom is 0.223 e. The monoisotopic (exact) mass is 345 g/mol. The number of nitrogens with zero attached hydrogens (tertiary/aromatic N) is 2. The molecule has 2 aromatic rings. The van der Waals surface area contributed by atoms with Crippen LogP contribution in [0.3, 0.4) is 0 Å². The highest BCUT2D eigenvalue weighted by Gasteiger charge is 2.37. The van der Waals surface area contributed by atoms with Crippen molar-refractivity contribution in [2.24, 2.45) is 5.92 Å². The first-order valence-corrected chi connectivity index (χ1v) is 9.51. The van der Waals surface area contributed by atoms with Crippen LogP contribution in [0.2, 0.25) is 0 Å². The van der Waals surface area contributed by atoms with Crippen molar-refractivity contribution < 1.29 is 9.21 Å². The largest absolute Gasteiger partial charge is 0.464 e. The minimum absolute atomic E-state index is 0.0765. The van der Waals surface area contributed by atoms with E-state index in [2.05, 4.69) is 34.3 Å². The number of amides is 1. The number of furan rings is 1. The first-order valence-electron chi connectivity index (χ1n) is 8.63. The molecule has 0 aliphatic heterocycles. The minimum atomic E-state index is -0.0765. The highest BCUT2D eigenvalue weighted by atomic mass is 32.1. The molecule has 4 rings (SSSR count). The van der Waals surface area contributed by atoms with Crippen molar-refractivity contribution in [1.29, 1.82) is 0 Å². The summed E-state index contributed by atoms with van der Waals surface area (Å²) in [6.07, 6.45) is 3.75. The van der Waals surface area contributed by atoms with Gasteiger partial charge in [0.2, 0.25) is 5.91 Å². The molecule has 0 unspecified atom stereocenters. The molecule has 5 nitrogen and oxygen atoms in total. The molecule has 2 aliphatic rings. The summed E-state index contributed by atoms with van der Waals surface area (Å²) in [5.74, 6) is 3.52. The number of nitrogens with one attached hydrogen (secondary N) is 1. The molecular weight excluding hydrogens is 322 g/mol. The summed E-state index contributed by atoms with van der Waals surface area (Å²) in [6.45, 7) is 5.42. The van der Waals surface area contributed by atoms with Crippen molar-refractivity contribution in [3.63, 3.8) is 0 Å². The molecule has 1 amide bonds. The summed E-state index contributed by atoms with van der Waals surface area (Å²) in [7, 11) is 0. The molecular formula is C18H23N3O2S. The van der Waals surface area contributed by atoms with Crippen LogP contribution in [0.4, 0.5) is 5.13 Å².